The van der Waals surface area contributed by atoms with Gasteiger partial charge in [0, 0.05) is 11.6 Å². The number of nitrogens with two attached hydrogens (primary N) is 1. The molecular weight excluding hydrogens is 276 g/mol. The molecule has 1 atom stereocenters. The molecule has 0 spiro atoms. The van der Waals surface area contributed by atoms with Gasteiger partial charge in [0.1, 0.15) is 0 Å². The molecule has 1 aromatic heterocycles. The third kappa shape index (κ3) is 3.12. The minimum absolute atomic E-state index is 0.0754. The highest BCUT2D eigenvalue weighted by atomic mass is 35.5. The van der Waals surface area contributed by atoms with Crippen molar-refractivity contribution in [1.82, 2.24) is 15.2 Å². The van der Waals surface area contributed by atoms with E-state index in [4.69, 9.17) is 22.2 Å². The van der Waals surface area contributed by atoms with E-state index in [1.807, 2.05) is 35.9 Å². The van der Waals surface area contributed by atoms with E-state index >= 15 is 0 Å². The van der Waals surface area contributed by atoms with E-state index in [1.165, 1.54) is 0 Å². The van der Waals surface area contributed by atoms with E-state index in [0.29, 0.717) is 0 Å². The molecule has 2 rings (SSSR count). The van der Waals surface area contributed by atoms with Gasteiger partial charge in [0.05, 0.1) is 25.0 Å². The number of nitrogens with zero attached hydrogens (tertiary/aromatic N) is 2. The lowest BCUT2D eigenvalue weighted by molar-refractivity contribution is 0.391. The molecule has 3 N–H and O–H groups in total. The number of hydrazine groups is 1. The highest BCUT2D eigenvalue weighted by Gasteiger charge is 2.20. The van der Waals surface area contributed by atoms with Crippen molar-refractivity contribution >= 4 is 11.6 Å². The van der Waals surface area contributed by atoms with Gasteiger partial charge in [-0.1, -0.05) is 23.7 Å². The third-order valence-corrected chi connectivity index (χ3v) is 3.50. The highest BCUT2D eigenvalue weighted by molar-refractivity contribution is 6.30. The first-order valence-electron chi connectivity index (χ1n) is 6.49. The number of halogens is 1. The van der Waals surface area contributed by atoms with Crippen molar-refractivity contribution in [3.8, 4) is 5.75 Å². The molecule has 0 bridgehead atoms. The molecule has 1 unspecified atom stereocenters. The number of nitrogens with one attached hydrogen (secondary N) is 1. The molecule has 0 fully saturated rings. The summed E-state index contributed by atoms with van der Waals surface area (Å²) < 4.78 is 7.26. The average molecular weight is 295 g/mol. The lowest BCUT2D eigenvalue weighted by atomic mass is 10.0. The minimum Gasteiger partial charge on any atom is -0.493 e. The van der Waals surface area contributed by atoms with Crippen LogP contribution in [-0.4, -0.2) is 16.9 Å². The fourth-order valence-electron chi connectivity index (χ4n) is 2.23. The molecule has 0 amide bonds. The minimum atomic E-state index is -0.0754. The summed E-state index contributed by atoms with van der Waals surface area (Å²) in [6, 6.07) is 7.66. The van der Waals surface area contributed by atoms with E-state index in [2.05, 4.69) is 10.5 Å². The number of hydrogen-bond donors (Lipinski definition) is 2. The van der Waals surface area contributed by atoms with Gasteiger partial charge in [-0.2, -0.15) is 5.10 Å². The van der Waals surface area contributed by atoms with E-state index in [1.54, 1.807) is 13.3 Å². The zero-order chi connectivity index (χ0) is 14.5. The van der Waals surface area contributed by atoms with Crippen molar-refractivity contribution < 1.29 is 4.74 Å². The van der Waals surface area contributed by atoms with Crippen LogP contribution in [0.5, 0.6) is 5.75 Å². The second-order valence-electron chi connectivity index (χ2n) is 4.46. The Morgan fingerprint density at radius 3 is 2.65 bits per heavy atom. The third-order valence-electron chi connectivity index (χ3n) is 3.25. The maximum absolute atomic E-state index is 5.90. The second kappa shape index (κ2) is 6.74. The Hall–Kier alpha value is -1.56. The Kier molecular flexibility index (Phi) is 5.00. The largest absolute Gasteiger partial charge is 0.493 e. The standard InChI is InChI=1S/C14H19ClN4O/c1-3-19-14(13(20-2)9-17-19)12(18-16)8-10-4-6-11(15)7-5-10/h4-7,9,12,18H,3,8,16H2,1-2H3. The van der Waals surface area contributed by atoms with Gasteiger partial charge in [-0.15, -0.1) is 0 Å². The number of hydrogen-bond acceptors (Lipinski definition) is 4. The first-order chi connectivity index (χ1) is 9.69. The fourth-order valence-corrected chi connectivity index (χ4v) is 2.36. The Morgan fingerprint density at radius 2 is 2.10 bits per heavy atom. The summed E-state index contributed by atoms with van der Waals surface area (Å²) in [5.41, 5.74) is 4.94. The number of benzene rings is 1. The van der Waals surface area contributed by atoms with E-state index in [-0.39, 0.29) is 6.04 Å². The van der Waals surface area contributed by atoms with Crippen LogP contribution >= 0.6 is 11.6 Å². The second-order valence-corrected chi connectivity index (χ2v) is 4.90. The quantitative estimate of drug-likeness (QED) is 0.634. The van der Waals surface area contributed by atoms with Crippen LogP contribution in [0.25, 0.3) is 0 Å². The molecule has 0 saturated carbocycles. The molecule has 5 nitrogen and oxygen atoms in total. The van der Waals surface area contributed by atoms with Crippen molar-refractivity contribution in [3.63, 3.8) is 0 Å². The first-order valence-corrected chi connectivity index (χ1v) is 6.87. The van der Waals surface area contributed by atoms with Crippen molar-refractivity contribution in [2.24, 2.45) is 5.84 Å². The molecule has 2 aromatic rings. The van der Waals surface area contributed by atoms with Gasteiger partial charge in [0.25, 0.3) is 0 Å². The number of rotatable bonds is 6. The zero-order valence-electron chi connectivity index (χ0n) is 11.6. The van der Waals surface area contributed by atoms with Gasteiger partial charge in [0.15, 0.2) is 5.75 Å². The Morgan fingerprint density at radius 1 is 1.40 bits per heavy atom. The van der Waals surface area contributed by atoms with Gasteiger partial charge < -0.3 is 4.74 Å². The molecule has 108 valence electrons. The molecule has 0 aliphatic heterocycles. The van der Waals surface area contributed by atoms with Crippen LogP contribution in [0.15, 0.2) is 30.5 Å². The van der Waals surface area contributed by atoms with Crippen LogP contribution in [0.1, 0.15) is 24.2 Å². The Labute approximate surface area is 123 Å². The molecule has 0 aliphatic carbocycles. The Bertz CT molecular complexity index is 531. The van der Waals surface area contributed by atoms with Crippen molar-refractivity contribution in [2.45, 2.75) is 25.9 Å². The van der Waals surface area contributed by atoms with E-state index in [9.17, 15) is 0 Å². The van der Waals surface area contributed by atoms with Crippen LogP contribution in [0, 0.1) is 0 Å². The lowest BCUT2D eigenvalue weighted by Crippen LogP contribution is -2.31. The number of ether oxygens (including phenoxy) is 1. The van der Waals surface area contributed by atoms with Crippen molar-refractivity contribution in [3.05, 3.63) is 46.7 Å². The number of methoxy groups -OCH3 is 1. The van der Waals surface area contributed by atoms with Gasteiger partial charge in [-0.3, -0.25) is 16.0 Å². The summed E-state index contributed by atoms with van der Waals surface area (Å²) in [5, 5.41) is 5.03. The molecule has 0 saturated heterocycles. The maximum atomic E-state index is 5.90. The molecule has 1 heterocycles. The van der Waals surface area contributed by atoms with E-state index < -0.39 is 0 Å². The monoisotopic (exact) mass is 294 g/mol. The van der Waals surface area contributed by atoms with Crippen LogP contribution in [-0.2, 0) is 13.0 Å². The van der Waals surface area contributed by atoms with Gasteiger partial charge >= 0.3 is 0 Å². The zero-order valence-corrected chi connectivity index (χ0v) is 12.4. The molecule has 20 heavy (non-hydrogen) atoms. The average Bonchev–Trinajstić information content (AvgIpc) is 2.89. The van der Waals surface area contributed by atoms with Crippen LogP contribution in [0.2, 0.25) is 5.02 Å². The number of aryl methyl sites for hydroxylation is 1. The van der Waals surface area contributed by atoms with Crippen LogP contribution in [0.4, 0.5) is 0 Å². The van der Waals surface area contributed by atoms with Crippen molar-refractivity contribution in [2.75, 3.05) is 7.11 Å². The predicted octanol–water partition coefficient (Wildman–Crippen LogP) is 2.31. The van der Waals surface area contributed by atoms with Gasteiger partial charge in [-0.25, -0.2) is 0 Å². The van der Waals surface area contributed by atoms with E-state index in [0.717, 1.165) is 35.0 Å². The maximum Gasteiger partial charge on any atom is 0.161 e. The molecule has 6 heteroatoms. The van der Waals surface area contributed by atoms with Crippen molar-refractivity contribution in [1.29, 1.82) is 0 Å². The first kappa shape index (κ1) is 14.8. The normalized spacial score (nSPS) is 12.4. The molecule has 0 radical (unpaired) electrons. The summed E-state index contributed by atoms with van der Waals surface area (Å²) in [7, 11) is 1.64. The molecule has 0 aliphatic rings. The topological polar surface area (TPSA) is 65.1 Å². The van der Waals surface area contributed by atoms with Crippen LogP contribution < -0.4 is 16.0 Å². The highest BCUT2D eigenvalue weighted by Crippen LogP contribution is 2.27. The summed E-state index contributed by atoms with van der Waals surface area (Å²) in [4.78, 5) is 0. The number of aromatic nitrogens is 2. The molecule has 1 aromatic carbocycles. The molecular formula is C14H19ClN4O. The smallest absolute Gasteiger partial charge is 0.161 e. The van der Waals surface area contributed by atoms with Gasteiger partial charge in [-0.05, 0) is 31.0 Å². The van der Waals surface area contributed by atoms with Gasteiger partial charge in [0.2, 0.25) is 0 Å². The lowest BCUT2D eigenvalue weighted by Gasteiger charge is -2.18. The fraction of sp³-hybridized carbons (Fsp3) is 0.357. The van der Waals surface area contributed by atoms with Crippen LogP contribution in [0.3, 0.4) is 0 Å². The summed E-state index contributed by atoms with van der Waals surface area (Å²) in [6.07, 6.45) is 2.45. The summed E-state index contributed by atoms with van der Waals surface area (Å²) >= 11 is 5.90. The Balaban J connectivity index is 2.27. The summed E-state index contributed by atoms with van der Waals surface area (Å²) in [5.74, 6) is 6.46. The SMILES string of the molecule is CCn1ncc(OC)c1C(Cc1ccc(Cl)cc1)NN. The predicted molar refractivity (Wildman–Crippen MR) is 79.7 cm³/mol. The summed E-state index contributed by atoms with van der Waals surface area (Å²) in [6.45, 7) is 2.79.